The van der Waals surface area contributed by atoms with Crippen molar-refractivity contribution >= 4 is 39.8 Å². The molecule has 6 heteroatoms. The fourth-order valence-corrected chi connectivity index (χ4v) is 5.07. The Bertz CT molecular complexity index is 1190. The average molecular weight is 460 g/mol. The van der Waals surface area contributed by atoms with Crippen LogP contribution in [-0.4, -0.2) is 17.1 Å². The van der Waals surface area contributed by atoms with Gasteiger partial charge in [0.1, 0.15) is 10.8 Å². The third-order valence-corrected chi connectivity index (χ3v) is 7.27. The van der Waals surface area contributed by atoms with E-state index in [4.69, 9.17) is 0 Å². The molecule has 0 fully saturated rings. The van der Waals surface area contributed by atoms with Crippen LogP contribution in [-0.2, 0) is 0 Å². The van der Waals surface area contributed by atoms with Crippen molar-refractivity contribution < 1.29 is 4.79 Å². The second-order valence-electron chi connectivity index (χ2n) is 7.41. The summed E-state index contributed by atoms with van der Waals surface area (Å²) in [7, 11) is 0. The third-order valence-electron chi connectivity index (χ3n) is 5.39. The summed E-state index contributed by atoms with van der Waals surface area (Å²) in [6, 6.07) is 23.5. The number of rotatable bonds is 7. The van der Waals surface area contributed by atoms with Crippen LogP contribution in [0.4, 0.5) is 10.8 Å². The number of nitrogens with zero attached hydrogens (tertiary/aromatic N) is 1. The van der Waals surface area contributed by atoms with Gasteiger partial charge >= 0.3 is 0 Å². The maximum atomic E-state index is 12.9. The number of nitrogens with one attached hydrogen (secondary N) is 2. The molecular weight excluding hydrogens is 434 g/mol. The molecule has 0 aliphatic carbocycles. The van der Waals surface area contributed by atoms with Crippen LogP contribution in [0.5, 0.6) is 0 Å². The van der Waals surface area contributed by atoms with E-state index < -0.39 is 0 Å². The lowest BCUT2D eigenvalue weighted by molar-refractivity contribution is 0.102. The van der Waals surface area contributed by atoms with Gasteiger partial charge in [-0.25, -0.2) is 4.98 Å². The van der Waals surface area contributed by atoms with Crippen molar-refractivity contribution in [2.75, 3.05) is 16.9 Å². The summed E-state index contributed by atoms with van der Waals surface area (Å²) in [5.74, 6) is 0.678. The Labute approximate surface area is 197 Å². The van der Waals surface area contributed by atoms with Crippen molar-refractivity contribution in [1.82, 2.24) is 4.98 Å². The Balaban J connectivity index is 1.76. The second kappa shape index (κ2) is 10.0. The fraction of sp³-hybridized carbons (Fsp3) is 0.154. The number of thioether (sulfide) groups is 1. The second-order valence-corrected chi connectivity index (χ2v) is 9.52. The number of pyridine rings is 1. The van der Waals surface area contributed by atoms with Gasteiger partial charge in [0.05, 0.1) is 6.04 Å². The van der Waals surface area contributed by atoms with E-state index in [1.54, 1.807) is 29.3 Å². The number of carbonyl (C=O) groups excluding carboxylic acids is 1. The zero-order valence-corrected chi connectivity index (χ0v) is 19.9. The van der Waals surface area contributed by atoms with Crippen LogP contribution in [0.2, 0.25) is 0 Å². The zero-order chi connectivity index (χ0) is 22.5. The van der Waals surface area contributed by atoms with E-state index in [-0.39, 0.29) is 11.9 Å². The first-order chi connectivity index (χ1) is 15.6. The lowest BCUT2D eigenvalue weighted by atomic mass is 9.96. The van der Waals surface area contributed by atoms with Gasteiger partial charge in [0.2, 0.25) is 0 Å². The number of hydrogen-bond acceptors (Lipinski definition) is 5. The molecule has 0 radical (unpaired) electrons. The van der Waals surface area contributed by atoms with E-state index in [0.717, 1.165) is 21.9 Å². The highest BCUT2D eigenvalue weighted by molar-refractivity contribution is 7.98. The topological polar surface area (TPSA) is 54.0 Å². The predicted molar refractivity (Wildman–Crippen MR) is 136 cm³/mol. The highest BCUT2D eigenvalue weighted by Gasteiger charge is 2.25. The molecule has 2 aromatic carbocycles. The van der Waals surface area contributed by atoms with Crippen molar-refractivity contribution in [1.29, 1.82) is 0 Å². The molecule has 0 saturated carbocycles. The van der Waals surface area contributed by atoms with Crippen molar-refractivity contribution in [3.63, 3.8) is 0 Å². The SMILES string of the molecule is CSc1ccc([C@H](Nc2ccccn2)c2c(NC(=O)c3ccccc3)sc(C)c2C)cc1. The van der Waals surface area contributed by atoms with Crippen LogP contribution in [0.3, 0.4) is 0 Å². The lowest BCUT2D eigenvalue weighted by Gasteiger charge is -2.22. The first-order valence-electron chi connectivity index (χ1n) is 10.3. The number of amides is 1. The monoisotopic (exact) mass is 459 g/mol. The molecule has 1 amide bonds. The summed E-state index contributed by atoms with van der Waals surface area (Å²) in [6.45, 7) is 4.21. The Morgan fingerprint density at radius 1 is 0.969 bits per heavy atom. The maximum absolute atomic E-state index is 12.9. The summed E-state index contributed by atoms with van der Waals surface area (Å²) in [4.78, 5) is 19.8. The molecule has 2 aromatic heterocycles. The van der Waals surface area contributed by atoms with Crippen LogP contribution >= 0.6 is 23.1 Å². The molecule has 4 nitrogen and oxygen atoms in total. The highest BCUT2D eigenvalue weighted by Crippen LogP contribution is 2.41. The normalized spacial score (nSPS) is 11.7. The van der Waals surface area contributed by atoms with Crippen LogP contribution in [0, 0.1) is 13.8 Å². The Kier molecular flexibility index (Phi) is 6.93. The summed E-state index contributed by atoms with van der Waals surface area (Å²) in [6.07, 6.45) is 3.85. The predicted octanol–water partition coefficient (Wildman–Crippen LogP) is 6.94. The van der Waals surface area contributed by atoms with E-state index in [2.05, 4.69) is 60.0 Å². The molecule has 4 rings (SSSR count). The molecule has 0 bridgehead atoms. The van der Waals surface area contributed by atoms with Gasteiger partial charge in [-0.1, -0.05) is 36.4 Å². The van der Waals surface area contributed by atoms with E-state index in [9.17, 15) is 4.79 Å². The first-order valence-corrected chi connectivity index (χ1v) is 12.4. The number of aromatic nitrogens is 1. The molecule has 2 N–H and O–H groups in total. The van der Waals surface area contributed by atoms with E-state index >= 15 is 0 Å². The van der Waals surface area contributed by atoms with E-state index in [0.29, 0.717) is 5.56 Å². The molecule has 0 saturated heterocycles. The Hall–Kier alpha value is -3.09. The van der Waals surface area contributed by atoms with Crippen molar-refractivity contribution in [3.05, 3.63) is 106 Å². The Morgan fingerprint density at radius 2 is 1.69 bits per heavy atom. The first kappa shape index (κ1) is 22.1. The fourth-order valence-electron chi connectivity index (χ4n) is 3.56. The van der Waals surface area contributed by atoms with Gasteiger partial charge in [-0.3, -0.25) is 4.79 Å². The lowest BCUT2D eigenvalue weighted by Crippen LogP contribution is -2.18. The molecular formula is C26H25N3OS2. The maximum Gasteiger partial charge on any atom is 0.256 e. The third kappa shape index (κ3) is 4.87. The van der Waals surface area contributed by atoms with Crippen molar-refractivity contribution in [2.45, 2.75) is 24.8 Å². The summed E-state index contributed by atoms with van der Waals surface area (Å²) >= 11 is 3.33. The van der Waals surface area contributed by atoms with Gasteiger partial charge in [0.15, 0.2) is 0 Å². The smallest absolute Gasteiger partial charge is 0.256 e. The largest absolute Gasteiger partial charge is 0.359 e. The highest BCUT2D eigenvalue weighted by atomic mass is 32.2. The molecule has 0 spiro atoms. The van der Waals surface area contributed by atoms with E-state index in [1.807, 2.05) is 48.5 Å². The molecule has 0 aliphatic rings. The molecule has 4 aromatic rings. The molecule has 32 heavy (non-hydrogen) atoms. The summed E-state index contributed by atoms with van der Waals surface area (Å²) in [5.41, 5.74) is 3.99. The number of thiophene rings is 1. The summed E-state index contributed by atoms with van der Waals surface area (Å²) in [5, 5.41) is 7.61. The van der Waals surface area contributed by atoms with Gasteiger partial charge in [-0.15, -0.1) is 23.1 Å². The minimum absolute atomic E-state index is 0.109. The minimum atomic E-state index is -0.156. The van der Waals surface area contributed by atoms with Gasteiger partial charge in [-0.05, 0) is 67.6 Å². The number of benzene rings is 2. The zero-order valence-electron chi connectivity index (χ0n) is 18.3. The van der Waals surface area contributed by atoms with Crippen molar-refractivity contribution in [2.24, 2.45) is 0 Å². The van der Waals surface area contributed by atoms with Gasteiger partial charge in [-0.2, -0.15) is 0 Å². The van der Waals surface area contributed by atoms with Gasteiger partial charge in [0.25, 0.3) is 5.91 Å². The number of aryl methyl sites for hydroxylation is 1. The summed E-state index contributed by atoms with van der Waals surface area (Å²) < 4.78 is 0. The van der Waals surface area contributed by atoms with E-state index in [1.165, 1.54) is 15.3 Å². The number of carbonyl (C=O) groups is 1. The van der Waals surface area contributed by atoms with Crippen LogP contribution in [0.1, 0.15) is 38.0 Å². The van der Waals surface area contributed by atoms with Gasteiger partial charge < -0.3 is 10.6 Å². The van der Waals surface area contributed by atoms with Crippen LogP contribution < -0.4 is 10.6 Å². The van der Waals surface area contributed by atoms with Gasteiger partial charge in [0, 0.05) is 27.1 Å². The molecule has 2 heterocycles. The van der Waals surface area contributed by atoms with Crippen LogP contribution in [0.25, 0.3) is 0 Å². The molecule has 1 atom stereocenters. The van der Waals surface area contributed by atoms with Crippen LogP contribution in [0.15, 0.2) is 83.9 Å². The molecule has 0 aliphatic heterocycles. The average Bonchev–Trinajstić information content (AvgIpc) is 3.11. The standard InChI is InChI=1S/C26H25N3OS2/c1-17-18(2)32-26(29-25(30)20-9-5-4-6-10-20)23(17)24(28-22-11-7-8-16-27-22)19-12-14-21(31-3)15-13-19/h4-16,24H,1-3H3,(H,27,28)(H,29,30)/t24-/m0/s1. The Morgan fingerprint density at radius 3 is 2.34 bits per heavy atom. The van der Waals surface area contributed by atoms with Crippen molar-refractivity contribution in [3.8, 4) is 0 Å². The quantitative estimate of drug-likeness (QED) is 0.294. The molecule has 0 unspecified atom stereocenters. The minimum Gasteiger partial charge on any atom is -0.359 e. The number of hydrogen-bond donors (Lipinski definition) is 2. The number of anilines is 2. The molecule has 162 valence electrons.